The van der Waals surface area contributed by atoms with E-state index in [1.54, 1.807) is 9.80 Å². The number of aliphatic hydroxyl groups excluding tert-OH is 1. The van der Waals surface area contributed by atoms with Gasteiger partial charge in [0, 0.05) is 39.1 Å². The second kappa shape index (κ2) is 8.44. The van der Waals surface area contributed by atoms with Gasteiger partial charge >= 0.3 is 11.9 Å². The van der Waals surface area contributed by atoms with Crippen molar-refractivity contribution in [3.05, 3.63) is 0 Å². The molecule has 3 fully saturated rings. The van der Waals surface area contributed by atoms with Gasteiger partial charge in [-0.15, -0.1) is 0 Å². The van der Waals surface area contributed by atoms with Gasteiger partial charge in [0.05, 0.1) is 13.7 Å². The lowest BCUT2D eigenvalue weighted by Crippen LogP contribution is -2.87. The molecule has 3 heterocycles. The smallest absolute Gasteiger partial charge is 0.343 e. The van der Waals surface area contributed by atoms with Crippen LogP contribution in [0.5, 0.6) is 0 Å². The molecule has 10 heteroatoms. The number of rotatable bonds is 6. The highest BCUT2D eigenvalue weighted by atomic mass is 16.7. The van der Waals surface area contributed by atoms with Crippen LogP contribution in [-0.2, 0) is 14.4 Å². The number of likely N-dealkylation sites (tertiary alicyclic amines) is 2. The summed E-state index contributed by atoms with van der Waals surface area (Å²) in [4.78, 5) is 34.4. The topological polar surface area (TPSA) is 134 Å². The summed E-state index contributed by atoms with van der Waals surface area (Å²) in [6.07, 6.45) is 4.80. The number of carboxylic acid groups (broad SMARTS) is 2. The number of aliphatic hydroxyl groups is 2. The van der Waals surface area contributed by atoms with Crippen molar-refractivity contribution in [2.75, 3.05) is 46.4 Å². The second-order valence-electron chi connectivity index (χ2n) is 8.29. The van der Waals surface area contributed by atoms with Gasteiger partial charge in [0.15, 0.2) is 5.41 Å². The summed E-state index contributed by atoms with van der Waals surface area (Å²) in [5.74, 6) is -2.98. The first-order chi connectivity index (χ1) is 13.8. The third-order valence-corrected chi connectivity index (χ3v) is 7.12. The summed E-state index contributed by atoms with van der Waals surface area (Å²) in [7, 11) is 1.30. The molecule has 3 atom stereocenters. The molecule has 3 rings (SSSR count). The maximum Gasteiger partial charge on any atom is 0.343 e. The van der Waals surface area contributed by atoms with E-state index in [9.17, 15) is 30.0 Å². The van der Waals surface area contributed by atoms with Crippen LogP contribution in [0.3, 0.4) is 0 Å². The zero-order valence-corrected chi connectivity index (χ0v) is 17.0. The van der Waals surface area contributed by atoms with E-state index in [0.717, 1.165) is 30.7 Å². The fraction of sp³-hybridized carbons (Fsp3) is 0.895. The largest absolute Gasteiger partial charge is 0.481 e. The van der Waals surface area contributed by atoms with Crippen LogP contribution in [-0.4, -0.2) is 105 Å². The van der Waals surface area contributed by atoms with E-state index < -0.39 is 35.3 Å². The van der Waals surface area contributed by atoms with E-state index >= 15 is 0 Å². The highest BCUT2D eigenvalue weighted by molar-refractivity contribution is 5.91. The summed E-state index contributed by atoms with van der Waals surface area (Å²) in [6, 6.07) is 0. The highest BCUT2D eigenvalue weighted by Gasteiger charge is 2.79. The SMILES string of the molecule is CON1CCC(O)(N2CCCCC2)C(CO)(C(=O)O)C1(C(=O)O)N1CCCCC1. The van der Waals surface area contributed by atoms with Gasteiger partial charge in [0.2, 0.25) is 5.66 Å². The lowest BCUT2D eigenvalue weighted by molar-refractivity contribution is -0.366. The molecule has 0 radical (unpaired) electrons. The first-order valence-electron chi connectivity index (χ1n) is 10.4. The average molecular weight is 415 g/mol. The van der Waals surface area contributed by atoms with Gasteiger partial charge in [-0.2, -0.15) is 5.06 Å². The minimum atomic E-state index is -2.42. The van der Waals surface area contributed by atoms with Gasteiger partial charge in [0.25, 0.3) is 0 Å². The van der Waals surface area contributed by atoms with Crippen molar-refractivity contribution >= 4 is 11.9 Å². The summed E-state index contributed by atoms with van der Waals surface area (Å²) in [5.41, 5.74) is -6.69. The Kier molecular flexibility index (Phi) is 6.52. The minimum Gasteiger partial charge on any atom is -0.481 e. The highest BCUT2D eigenvalue weighted by Crippen LogP contribution is 2.54. The van der Waals surface area contributed by atoms with Crippen LogP contribution in [0.1, 0.15) is 44.9 Å². The number of hydrogen-bond acceptors (Lipinski definition) is 8. The van der Waals surface area contributed by atoms with Crippen molar-refractivity contribution in [2.24, 2.45) is 5.41 Å². The Labute approximate surface area is 170 Å². The zero-order chi connectivity index (χ0) is 21.3. The van der Waals surface area contributed by atoms with Crippen molar-refractivity contribution in [2.45, 2.75) is 56.3 Å². The van der Waals surface area contributed by atoms with E-state index in [-0.39, 0.29) is 13.0 Å². The molecule has 3 aliphatic heterocycles. The zero-order valence-electron chi connectivity index (χ0n) is 17.0. The van der Waals surface area contributed by atoms with Gasteiger partial charge in [-0.3, -0.25) is 19.4 Å². The Morgan fingerprint density at radius 2 is 1.38 bits per heavy atom. The molecule has 29 heavy (non-hydrogen) atoms. The van der Waals surface area contributed by atoms with Crippen LogP contribution in [0.25, 0.3) is 0 Å². The third kappa shape index (κ3) is 3.00. The van der Waals surface area contributed by atoms with Crippen molar-refractivity contribution in [3.8, 4) is 0 Å². The van der Waals surface area contributed by atoms with Crippen LogP contribution in [0.15, 0.2) is 0 Å². The van der Waals surface area contributed by atoms with Gasteiger partial charge in [-0.25, -0.2) is 4.79 Å². The number of carboxylic acids is 2. The molecule has 10 nitrogen and oxygen atoms in total. The van der Waals surface area contributed by atoms with Gasteiger partial charge < -0.3 is 20.4 Å². The first kappa shape index (κ1) is 22.4. The molecular weight excluding hydrogens is 382 g/mol. The Morgan fingerprint density at radius 3 is 1.79 bits per heavy atom. The molecule has 0 aromatic heterocycles. The maximum atomic E-state index is 12.9. The Hall–Kier alpha value is -1.30. The monoisotopic (exact) mass is 415 g/mol. The molecule has 0 aromatic rings. The summed E-state index contributed by atoms with van der Waals surface area (Å²) in [5, 5.41) is 44.6. The number of aliphatic carboxylic acids is 2. The normalized spacial score (nSPS) is 38.0. The number of carbonyl (C=O) groups is 2. The molecular formula is C19H33N3O7. The lowest BCUT2D eigenvalue weighted by Gasteiger charge is -2.64. The van der Waals surface area contributed by atoms with E-state index in [1.807, 2.05) is 0 Å². The molecule has 0 aliphatic carbocycles. The number of hydrogen-bond donors (Lipinski definition) is 4. The molecule has 3 unspecified atom stereocenters. The fourth-order valence-electron chi connectivity index (χ4n) is 5.73. The second-order valence-corrected chi connectivity index (χ2v) is 8.29. The van der Waals surface area contributed by atoms with Crippen molar-refractivity contribution in [3.63, 3.8) is 0 Å². The lowest BCUT2D eigenvalue weighted by atomic mass is 9.61. The van der Waals surface area contributed by atoms with Crippen LogP contribution in [0.2, 0.25) is 0 Å². The molecule has 0 amide bonds. The van der Waals surface area contributed by atoms with Gasteiger partial charge in [-0.05, 0) is 25.7 Å². The van der Waals surface area contributed by atoms with Crippen molar-refractivity contribution in [1.82, 2.24) is 14.9 Å². The van der Waals surface area contributed by atoms with E-state index in [2.05, 4.69) is 0 Å². The van der Waals surface area contributed by atoms with Crippen molar-refractivity contribution < 1.29 is 34.9 Å². The summed E-state index contributed by atoms with van der Waals surface area (Å²) >= 11 is 0. The summed E-state index contributed by atoms with van der Waals surface area (Å²) < 4.78 is 0. The van der Waals surface area contributed by atoms with Crippen LogP contribution < -0.4 is 0 Å². The van der Waals surface area contributed by atoms with Gasteiger partial charge in [-0.1, -0.05) is 12.8 Å². The average Bonchev–Trinajstić information content (AvgIpc) is 2.74. The van der Waals surface area contributed by atoms with E-state index in [4.69, 9.17) is 4.84 Å². The standard InChI is InChI=1S/C19H33N3O7/c1-29-22-13-8-18(28,20-9-4-2-5-10-20)17(14-23,15(24)25)19(22,16(26)27)21-11-6-3-7-12-21/h23,28H,2-14H2,1H3,(H,24,25)(H,26,27). The number of piperidine rings is 3. The number of nitrogens with zero attached hydrogens (tertiary/aromatic N) is 3. The molecule has 3 saturated heterocycles. The van der Waals surface area contributed by atoms with Crippen molar-refractivity contribution in [1.29, 1.82) is 0 Å². The van der Waals surface area contributed by atoms with Crippen LogP contribution in [0.4, 0.5) is 0 Å². The predicted molar refractivity (Wildman–Crippen MR) is 102 cm³/mol. The Balaban J connectivity index is 2.27. The van der Waals surface area contributed by atoms with E-state index in [1.165, 1.54) is 7.11 Å². The quantitative estimate of drug-likeness (QED) is 0.460. The minimum absolute atomic E-state index is 0.0291. The maximum absolute atomic E-state index is 12.9. The molecule has 0 saturated carbocycles. The molecule has 4 N–H and O–H groups in total. The molecule has 0 spiro atoms. The molecule has 3 aliphatic rings. The molecule has 166 valence electrons. The van der Waals surface area contributed by atoms with Gasteiger partial charge in [0.1, 0.15) is 5.72 Å². The Bertz CT molecular complexity index is 623. The predicted octanol–water partition coefficient (Wildman–Crippen LogP) is -0.242. The molecule has 0 aromatic carbocycles. The summed E-state index contributed by atoms with van der Waals surface area (Å²) in [6.45, 7) is 0.594. The first-order valence-corrected chi connectivity index (χ1v) is 10.4. The van der Waals surface area contributed by atoms with E-state index in [0.29, 0.717) is 39.0 Å². The fourth-order valence-corrected chi connectivity index (χ4v) is 5.73. The Morgan fingerprint density at radius 1 is 0.862 bits per heavy atom. The van der Waals surface area contributed by atoms with Crippen LogP contribution in [0, 0.1) is 5.41 Å². The van der Waals surface area contributed by atoms with Crippen LogP contribution >= 0.6 is 0 Å². The number of hydroxylamine groups is 2. The third-order valence-electron chi connectivity index (χ3n) is 7.12. The molecule has 0 bridgehead atoms.